The minimum Gasteiger partial charge on any atom is -0.493 e. The predicted molar refractivity (Wildman–Crippen MR) is 95.5 cm³/mol. The molecule has 5 rings (SSSR count). The molecule has 0 unspecified atom stereocenters. The van der Waals surface area contributed by atoms with Crippen LogP contribution in [0.2, 0.25) is 0 Å². The largest absolute Gasteiger partial charge is 0.493 e. The van der Waals surface area contributed by atoms with Crippen molar-refractivity contribution in [1.82, 2.24) is 4.98 Å². The highest BCUT2D eigenvalue weighted by Crippen LogP contribution is 2.44. The Hall–Kier alpha value is -3.48. The number of carbonyl (C=O) groups is 1. The van der Waals surface area contributed by atoms with E-state index in [0.717, 1.165) is 16.5 Å². The summed E-state index contributed by atoms with van der Waals surface area (Å²) in [4.78, 5) is 17.0. The van der Waals surface area contributed by atoms with E-state index < -0.39 is 0 Å². The van der Waals surface area contributed by atoms with Crippen molar-refractivity contribution in [3.8, 4) is 34.1 Å². The van der Waals surface area contributed by atoms with Gasteiger partial charge in [-0.25, -0.2) is 9.78 Å². The Morgan fingerprint density at radius 1 is 0.926 bits per heavy atom. The lowest BCUT2D eigenvalue weighted by atomic mass is 9.94. The van der Waals surface area contributed by atoms with E-state index in [1.54, 1.807) is 20.3 Å². The highest BCUT2D eigenvalue weighted by molar-refractivity contribution is 6.09. The second kappa shape index (κ2) is 5.77. The number of esters is 1. The molecule has 2 aliphatic heterocycles. The number of ether oxygens (including phenoxy) is 5. The van der Waals surface area contributed by atoms with Crippen molar-refractivity contribution >= 4 is 16.9 Å². The fraction of sp³-hybridized carbons (Fsp3) is 0.200. The van der Waals surface area contributed by atoms with E-state index in [1.807, 2.05) is 24.3 Å². The molecule has 1 aromatic heterocycles. The molecule has 0 amide bonds. The Labute approximate surface area is 154 Å². The second-order valence-electron chi connectivity index (χ2n) is 6.18. The summed E-state index contributed by atoms with van der Waals surface area (Å²) < 4.78 is 27.0. The standard InChI is InChI=1S/C20H15NO6/c1-23-14-4-3-10(5-15(14)24-2)18-11-6-16-17(27-9-26-16)7-12(11)21-13-8-25-20(22)19(13)18/h3-7H,8-9H2,1-2H3. The van der Waals surface area contributed by atoms with Gasteiger partial charge in [-0.05, 0) is 23.8 Å². The average Bonchev–Trinajstić information content (AvgIpc) is 3.30. The van der Waals surface area contributed by atoms with Gasteiger partial charge in [-0.2, -0.15) is 0 Å². The van der Waals surface area contributed by atoms with Crippen molar-refractivity contribution in [1.29, 1.82) is 0 Å². The molecule has 3 heterocycles. The SMILES string of the molecule is COc1ccc(-c2c3c(nc4cc5c(cc24)OCO5)COC3=O)cc1OC. The van der Waals surface area contributed by atoms with Crippen LogP contribution in [-0.4, -0.2) is 32.0 Å². The number of rotatable bonds is 3. The van der Waals surface area contributed by atoms with Gasteiger partial charge in [0.2, 0.25) is 6.79 Å². The second-order valence-corrected chi connectivity index (χ2v) is 6.18. The van der Waals surface area contributed by atoms with E-state index in [0.29, 0.717) is 39.8 Å². The predicted octanol–water partition coefficient (Wildman–Crippen LogP) is 3.32. The first-order valence-corrected chi connectivity index (χ1v) is 8.35. The molecule has 136 valence electrons. The number of carbonyl (C=O) groups excluding carboxylic acids is 1. The molecule has 0 fully saturated rings. The third-order valence-electron chi connectivity index (χ3n) is 4.77. The van der Waals surface area contributed by atoms with E-state index in [4.69, 9.17) is 23.7 Å². The average molecular weight is 365 g/mol. The lowest BCUT2D eigenvalue weighted by molar-refractivity contribution is 0.0534. The van der Waals surface area contributed by atoms with Crippen LogP contribution in [0.4, 0.5) is 0 Å². The number of cyclic esters (lactones) is 1. The Morgan fingerprint density at radius 3 is 2.48 bits per heavy atom. The summed E-state index contributed by atoms with van der Waals surface area (Å²) in [5, 5.41) is 0.782. The first kappa shape index (κ1) is 15.7. The third kappa shape index (κ3) is 2.28. The molecule has 7 heteroatoms. The molecule has 7 nitrogen and oxygen atoms in total. The molecule has 0 spiro atoms. The van der Waals surface area contributed by atoms with Crippen molar-refractivity contribution in [2.75, 3.05) is 21.0 Å². The quantitative estimate of drug-likeness (QED) is 0.659. The molecular weight excluding hydrogens is 350 g/mol. The van der Waals surface area contributed by atoms with E-state index in [9.17, 15) is 4.79 Å². The number of benzene rings is 2. The van der Waals surface area contributed by atoms with Crippen molar-refractivity contribution in [2.45, 2.75) is 6.61 Å². The number of aromatic nitrogens is 1. The molecule has 0 bridgehead atoms. The number of methoxy groups -OCH3 is 2. The molecule has 0 atom stereocenters. The van der Waals surface area contributed by atoms with Gasteiger partial charge in [0, 0.05) is 17.0 Å². The Balaban J connectivity index is 1.85. The first-order chi connectivity index (χ1) is 13.2. The van der Waals surface area contributed by atoms with Crippen LogP contribution in [0, 0.1) is 0 Å². The minimum atomic E-state index is -0.387. The normalized spacial score (nSPS) is 14.2. The lowest BCUT2D eigenvalue weighted by Crippen LogP contribution is -2.01. The Bertz CT molecular complexity index is 1110. The summed E-state index contributed by atoms with van der Waals surface area (Å²) in [5.41, 5.74) is 3.32. The zero-order valence-electron chi connectivity index (χ0n) is 14.7. The van der Waals surface area contributed by atoms with Crippen LogP contribution in [0.5, 0.6) is 23.0 Å². The highest BCUT2D eigenvalue weighted by Gasteiger charge is 2.30. The highest BCUT2D eigenvalue weighted by atomic mass is 16.7. The van der Waals surface area contributed by atoms with Gasteiger partial charge < -0.3 is 23.7 Å². The Morgan fingerprint density at radius 2 is 1.70 bits per heavy atom. The number of hydrogen-bond donors (Lipinski definition) is 0. The summed E-state index contributed by atoms with van der Waals surface area (Å²) in [5.74, 6) is 2.05. The molecule has 0 N–H and O–H groups in total. The zero-order valence-corrected chi connectivity index (χ0v) is 14.7. The maximum Gasteiger partial charge on any atom is 0.341 e. The van der Waals surface area contributed by atoms with Crippen LogP contribution in [0.1, 0.15) is 16.1 Å². The van der Waals surface area contributed by atoms with E-state index in [1.165, 1.54) is 0 Å². The first-order valence-electron chi connectivity index (χ1n) is 8.35. The molecule has 2 aromatic carbocycles. The monoisotopic (exact) mass is 365 g/mol. The maximum atomic E-state index is 12.4. The van der Waals surface area contributed by atoms with Gasteiger partial charge >= 0.3 is 5.97 Å². The minimum absolute atomic E-state index is 0.152. The summed E-state index contributed by atoms with van der Waals surface area (Å²) in [6.45, 7) is 0.317. The Kier molecular flexibility index (Phi) is 3.36. The summed E-state index contributed by atoms with van der Waals surface area (Å²) in [6.07, 6.45) is 0. The van der Waals surface area contributed by atoms with Crippen LogP contribution in [0.3, 0.4) is 0 Å². The van der Waals surface area contributed by atoms with E-state index >= 15 is 0 Å². The van der Waals surface area contributed by atoms with Crippen LogP contribution in [0.15, 0.2) is 30.3 Å². The topological polar surface area (TPSA) is 76.1 Å². The molecular formula is C20H15NO6. The van der Waals surface area contributed by atoms with Gasteiger partial charge in [-0.15, -0.1) is 0 Å². The maximum absolute atomic E-state index is 12.4. The number of pyridine rings is 1. The van der Waals surface area contributed by atoms with Crippen LogP contribution in [0.25, 0.3) is 22.0 Å². The van der Waals surface area contributed by atoms with Gasteiger partial charge in [0.15, 0.2) is 23.0 Å². The molecule has 0 saturated heterocycles. The van der Waals surface area contributed by atoms with Gasteiger partial charge in [0.1, 0.15) is 6.61 Å². The molecule has 2 aliphatic rings. The van der Waals surface area contributed by atoms with E-state index in [-0.39, 0.29) is 19.4 Å². The third-order valence-corrected chi connectivity index (χ3v) is 4.77. The lowest BCUT2D eigenvalue weighted by Gasteiger charge is -2.14. The van der Waals surface area contributed by atoms with Crippen molar-refractivity contribution in [3.63, 3.8) is 0 Å². The van der Waals surface area contributed by atoms with Crippen LogP contribution < -0.4 is 18.9 Å². The number of fused-ring (bicyclic) bond motifs is 3. The zero-order chi connectivity index (χ0) is 18.5. The van der Waals surface area contributed by atoms with Gasteiger partial charge in [0.05, 0.1) is 31.0 Å². The fourth-order valence-corrected chi connectivity index (χ4v) is 3.53. The molecule has 0 saturated carbocycles. The van der Waals surface area contributed by atoms with Gasteiger partial charge in [0.25, 0.3) is 0 Å². The number of hydrogen-bond acceptors (Lipinski definition) is 7. The molecule has 0 radical (unpaired) electrons. The van der Waals surface area contributed by atoms with Crippen molar-refractivity contribution < 1.29 is 28.5 Å². The van der Waals surface area contributed by atoms with Crippen molar-refractivity contribution in [2.24, 2.45) is 0 Å². The molecule has 27 heavy (non-hydrogen) atoms. The van der Waals surface area contributed by atoms with Crippen molar-refractivity contribution in [3.05, 3.63) is 41.6 Å². The van der Waals surface area contributed by atoms with Crippen LogP contribution in [-0.2, 0) is 11.3 Å². The summed E-state index contributed by atoms with van der Waals surface area (Å²) in [7, 11) is 3.15. The van der Waals surface area contributed by atoms with Gasteiger partial charge in [-0.1, -0.05) is 6.07 Å². The van der Waals surface area contributed by atoms with Crippen LogP contribution >= 0.6 is 0 Å². The smallest absolute Gasteiger partial charge is 0.341 e. The van der Waals surface area contributed by atoms with Gasteiger partial charge in [-0.3, -0.25) is 0 Å². The molecule has 0 aliphatic carbocycles. The van der Waals surface area contributed by atoms with E-state index in [2.05, 4.69) is 4.98 Å². The molecule has 3 aromatic rings. The summed E-state index contributed by atoms with van der Waals surface area (Å²) >= 11 is 0. The number of nitrogens with zero attached hydrogens (tertiary/aromatic N) is 1. The fourth-order valence-electron chi connectivity index (χ4n) is 3.53. The summed E-state index contributed by atoms with van der Waals surface area (Å²) in [6, 6.07) is 9.20.